The van der Waals surface area contributed by atoms with Crippen molar-refractivity contribution >= 4 is 5.97 Å². The quantitative estimate of drug-likeness (QED) is 0.725. The molecule has 1 rings (SSSR count). The Morgan fingerprint density at radius 2 is 2.23 bits per heavy atom. The molecule has 0 aliphatic carbocycles. The molecule has 76 valence electrons. The molecule has 1 fully saturated rings. The summed E-state index contributed by atoms with van der Waals surface area (Å²) in [5.74, 6) is -4.69. The Kier molecular flexibility index (Phi) is 2.56. The summed E-state index contributed by atoms with van der Waals surface area (Å²) in [5, 5.41) is 8.79. The van der Waals surface area contributed by atoms with Crippen molar-refractivity contribution in [3.63, 3.8) is 0 Å². The minimum atomic E-state index is -3.26. The Balaban J connectivity index is 2.99. The Bertz CT molecular complexity index is 217. The Hall–Kier alpha value is -0.710. The predicted octanol–water partition coefficient (Wildman–Crippen LogP) is 1.52. The van der Waals surface area contributed by atoms with Gasteiger partial charge in [-0.25, -0.2) is 8.78 Å². The molecule has 1 heterocycles. The molecular weight excluding hydrogens is 182 g/mol. The molecular formula is C8H12F2O3. The standard InChI is InChI=1S/C8H12F2O3/c1-2-7(6(11)12)3-4-13-5-8(7,9)10/h2-5H2,1H3,(H,11,12). The number of ether oxygens (including phenoxy) is 1. The number of alkyl halides is 2. The first-order valence-corrected chi connectivity index (χ1v) is 4.15. The van der Waals surface area contributed by atoms with Crippen LogP contribution in [0.1, 0.15) is 19.8 Å². The van der Waals surface area contributed by atoms with E-state index in [9.17, 15) is 13.6 Å². The van der Waals surface area contributed by atoms with Crippen molar-refractivity contribution in [1.82, 2.24) is 0 Å². The fraction of sp³-hybridized carbons (Fsp3) is 0.875. The van der Waals surface area contributed by atoms with E-state index in [4.69, 9.17) is 5.11 Å². The molecule has 0 aromatic rings. The van der Waals surface area contributed by atoms with Crippen LogP contribution in [-0.2, 0) is 9.53 Å². The number of carbonyl (C=O) groups is 1. The van der Waals surface area contributed by atoms with Crippen molar-refractivity contribution in [3.8, 4) is 0 Å². The summed E-state index contributed by atoms with van der Waals surface area (Å²) in [4.78, 5) is 10.8. The normalized spacial score (nSPS) is 32.8. The molecule has 1 unspecified atom stereocenters. The second-order valence-corrected chi connectivity index (χ2v) is 3.25. The van der Waals surface area contributed by atoms with E-state index in [0.717, 1.165) is 0 Å². The second-order valence-electron chi connectivity index (χ2n) is 3.25. The molecule has 0 saturated carbocycles. The summed E-state index contributed by atoms with van der Waals surface area (Å²) in [7, 11) is 0. The van der Waals surface area contributed by atoms with E-state index in [0.29, 0.717) is 0 Å². The fourth-order valence-corrected chi connectivity index (χ4v) is 1.62. The molecule has 0 bridgehead atoms. The number of halogens is 2. The van der Waals surface area contributed by atoms with Crippen LogP contribution >= 0.6 is 0 Å². The topological polar surface area (TPSA) is 46.5 Å². The van der Waals surface area contributed by atoms with E-state index >= 15 is 0 Å². The fourth-order valence-electron chi connectivity index (χ4n) is 1.62. The first-order chi connectivity index (χ1) is 5.96. The smallest absolute Gasteiger partial charge is 0.315 e. The van der Waals surface area contributed by atoms with E-state index in [1.165, 1.54) is 6.92 Å². The van der Waals surface area contributed by atoms with Gasteiger partial charge in [0.2, 0.25) is 0 Å². The molecule has 1 aliphatic heterocycles. The number of aliphatic carboxylic acids is 1. The van der Waals surface area contributed by atoms with Crippen LogP contribution in [0.15, 0.2) is 0 Å². The number of rotatable bonds is 2. The molecule has 13 heavy (non-hydrogen) atoms. The van der Waals surface area contributed by atoms with Gasteiger partial charge in [0, 0.05) is 6.61 Å². The predicted molar refractivity (Wildman–Crippen MR) is 40.7 cm³/mol. The molecule has 1 saturated heterocycles. The molecule has 0 aromatic carbocycles. The zero-order chi connectivity index (χ0) is 10.1. The monoisotopic (exact) mass is 194 g/mol. The van der Waals surface area contributed by atoms with Crippen LogP contribution in [-0.4, -0.2) is 30.2 Å². The maximum absolute atomic E-state index is 13.3. The van der Waals surface area contributed by atoms with Gasteiger partial charge in [-0.15, -0.1) is 0 Å². The van der Waals surface area contributed by atoms with Gasteiger partial charge in [0.05, 0.1) is 0 Å². The summed E-state index contributed by atoms with van der Waals surface area (Å²) < 4.78 is 31.1. The Morgan fingerprint density at radius 1 is 1.62 bits per heavy atom. The lowest BCUT2D eigenvalue weighted by atomic mass is 9.75. The average molecular weight is 194 g/mol. The van der Waals surface area contributed by atoms with Crippen LogP contribution in [0.25, 0.3) is 0 Å². The summed E-state index contributed by atoms with van der Waals surface area (Å²) in [6, 6.07) is 0. The minimum Gasteiger partial charge on any atom is -0.481 e. The average Bonchev–Trinajstić information content (AvgIpc) is 2.03. The molecule has 1 N–H and O–H groups in total. The Morgan fingerprint density at radius 3 is 2.54 bits per heavy atom. The summed E-state index contributed by atoms with van der Waals surface area (Å²) in [5.41, 5.74) is -1.93. The lowest BCUT2D eigenvalue weighted by Gasteiger charge is -2.39. The van der Waals surface area contributed by atoms with Crippen LogP contribution in [0.5, 0.6) is 0 Å². The van der Waals surface area contributed by atoms with Crippen molar-refractivity contribution in [2.24, 2.45) is 5.41 Å². The van der Waals surface area contributed by atoms with E-state index in [1.807, 2.05) is 0 Å². The van der Waals surface area contributed by atoms with Crippen LogP contribution in [0.3, 0.4) is 0 Å². The minimum absolute atomic E-state index is 0.0707. The first kappa shape index (κ1) is 10.4. The molecule has 0 spiro atoms. The van der Waals surface area contributed by atoms with Crippen LogP contribution in [0.4, 0.5) is 8.78 Å². The number of carboxylic acid groups (broad SMARTS) is 1. The van der Waals surface area contributed by atoms with Gasteiger partial charge < -0.3 is 9.84 Å². The molecule has 3 nitrogen and oxygen atoms in total. The first-order valence-electron chi connectivity index (χ1n) is 4.15. The lowest BCUT2D eigenvalue weighted by molar-refractivity contribution is -0.219. The Labute approximate surface area is 74.7 Å². The zero-order valence-electron chi connectivity index (χ0n) is 7.35. The van der Waals surface area contributed by atoms with E-state index in [-0.39, 0.29) is 19.4 Å². The third kappa shape index (κ3) is 1.41. The summed E-state index contributed by atoms with van der Waals surface area (Å²) in [6.07, 6.45) is -0.190. The molecule has 1 atom stereocenters. The molecule has 0 radical (unpaired) electrons. The lowest BCUT2D eigenvalue weighted by Crippen LogP contribution is -2.53. The number of hydrogen-bond acceptors (Lipinski definition) is 2. The van der Waals surface area contributed by atoms with Gasteiger partial charge in [-0.1, -0.05) is 6.92 Å². The van der Waals surface area contributed by atoms with E-state index in [2.05, 4.69) is 4.74 Å². The maximum atomic E-state index is 13.3. The van der Waals surface area contributed by atoms with Crippen LogP contribution < -0.4 is 0 Å². The van der Waals surface area contributed by atoms with Crippen LogP contribution in [0, 0.1) is 5.41 Å². The number of hydrogen-bond donors (Lipinski definition) is 1. The molecule has 1 aliphatic rings. The molecule has 5 heteroatoms. The van der Waals surface area contributed by atoms with Gasteiger partial charge in [-0.3, -0.25) is 4.79 Å². The largest absolute Gasteiger partial charge is 0.481 e. The zero-order valence-corrected chi connectivity index (χ0v) is 7.35. The van der Waals surface area contributed by atoms with Gasteiger partial charge in [-0.2, -0.15) is 0 Å². The maximum Gasteiger partial charge on any atom is 0.315 e. The highest BCUT2D eigenvalue weighted by atomic mass is 19.3. The highest BCUT2D eigenvalue weighted by Gasteiger charge is 2.59. The SMILES string of the molecule is CCC1(C(=O)O)CCOCC1(F)F. The van der Waals surface area contributed by atoms with Gasteiger partial charge in [0.25, 0.3) is 5.92 Å². The highest BCUT2D eigenvalue weighted by Crippen LogP contribution is 2.45. The second kappa shape index (κ2) is 3.21. The van der Waals surface area contributed by atoms with Crippen molar-refractivity contribution in [3.05, 3.63) is 0 Å². The van der Waals surface area contributed by atoms with E-state index < -0.39 is 23.9 Å². The third-order valence-corrected chi connectivity index (χ3v) is 2.67. The summed E-state index contributed by atoms with van der Waals surface area (Å²) >= 11 is 0. The highest BCUT2D eigenvalue weighted by molar-refractivity contribution is 5.76. The van der Waals surface area contributed by atoms with Crippen molar-refractivity contribution < 1.29 is 23.4 Å². The van der Waals surface area contributed by atoms with Gasteiger partial charge in [0.15, 0.2) is 0 Å². The van der Waals surface area contributed by atoms with Gasteiger partial charge in [-0.05, 0) is 12.8 Å². The van der Waals surface area contributed by atoms with Crippen molar-refractivity contribution in [2.75, 3.05) is 13.2 Å². The summed E-state index contributed by atoms with van der Waals surface area (Å²) in [6.45, 7) is 0.774. The van der Waals surface area contributed by atoms with Crippen molar-refractivity contribution in [1.29, 1.82) is 0 Å². The number of carboxylic acids is 1. The van der Waals surface area contributed by atoms with Crippen molar-refractivity contribution in [2.45, 2.75) is 25.7 Å². The van der Waals surface area contributed by atoms with E-state index in [1.54, 1.807) is 0 Å². The van der Waals surface area contributed by atoms with Gasteiger partial charge in [0.1, 0.15) is 12.0 Å². The van der Waals surface area contributed by atoms with Crippen LogP contribution in [0.2, 0.25) is 0 Å². The molecule has 0 aromatic heterocycles. The third-order valence-electron chi connectivity index (χ3n) is 2.67. The van der Waals surface area contributed by atoms with Gasteiger partial charge >= 0.3 is 5.97 Å². The molecule has 0 amide bonds.